The molecule has 1 amide bonds. The van der Waals surface area contributed by atoms with Crippen molar-refractivity contribution in [2.75, 3.05) is 6.54 Å². The molecule has 9 heteroatoms. The molecule has 1 aliphatic rings. The second-order valence-corrected chi connectivity index (χ2v) is 9.92. The van der Waals surface area contributed by atoms with Gasteiger partial charge in [0.1, 0.15) is 0 Å². The molecule has 6 nitrogen and oxygen atoms in total. The number of carbonyl (C=O) groups excluding carboxylic acids is 1. The number of amides is 1. The van der Waals surface area contributed by atoms with Crippen LogP contribution in [0.15, 0.2) is 79.3 Å². The van der Waals surface area contributed by atoms with Gasteiger partial charge < -0.3 is 0 Å². The molecule has 0 bridgehead atoms. The number of fused-ring (bicyclic) bond motifs is 1. The summed E-state index contributed by atoms with van der Waals surface area (Å²) in [6, 6.07) is 17.7. The molecule has 4 rings (SSSR count). The Hall–Kier alpha value is -2.49. The highest BCUT2D eigenvalue weighted by molar-refractivity contribution is 9.10. The van der Waals surface area contributed by atoms with Gasteiger partial charge in [0.2, 0.25) is 0 Å². The Morgan fingerprint density at radius 1 is 1.10 bits per heavy atom. The number of pyridine rings is 1. The van der Waals surface area contributed by atoms with Crippen molar-refractivity contribution in [3.63, 3.8) is 0 Å². The number of para-hydroxylation sites is 1. The largest absolute Gasteiger partial charge is 0.286 e. The van der Waals surface area contributed by atoms with Crippen LogP contribution < -0.4 is 0 Å². The van der Waals surface area contributed by atoms with Gasteiger partial charge >= 0.3 is 0 Å². The van der Waals surface area contributed by atoms with Gasteiger partial charge in [0.05, 0.1) is 21.0 Å². The first-order valence-corrected chi connectivity index (χ1v) is 12.1. The van der Waals surface area contributed by atoms with E-state index in [4.69, 9.17) is 0 Å². The first-order chi connectivity index (χ1) is 14.4. The highest BCUT2D eigenvalue weighted by Crippen LogP contribution is 2.33. The average molecular weight is 502 g/mol. The zero-order valence-corrected chi connectivity index (χ0v) is 19.0. The van der Waals surface area contributed by atoms with Gasteiger partial charge in [0.15, 0.2) is 5.17 Å². The van der Waals surface area contributed by atoms with Crippen LogP contribution in [0, 0.1) is 0 Å². The molecule has 0 unspecified atom stereocenters. The van der Waals surface area contributed by atoms with Crippen LogP contribution in [-0.2, 0) is 14.8 Å². The third-order valence-corrected chi connectivity index (χ3v) is 7.35. The van der Waals surface area contributed by atoms with Gasteiger partial charge in [-0.05, 0) is 61.2 Å². The minimum atomic E-state index is -3.94. The van der Waals surface area contributed by atoms with Crippen molar-refractivity contribution in [3.8, 4) is 0 Å². The van der Waals surface area contributed by atoms with Gasteiger partial charge in [-0.1, -0.05) is 40.2 Å². The summed E-state index contributed by atoms with van der Waals surface area (Å²) in [5, 5.41) is 1.14. The lowest BCUT2D eigenvalue weighted by atomic mass is 10.2. The highest BCUT2D eigenvalue weighted by Gasteiger charge is 2.34. The fourth-order valence-electron chi connectivity index (χ4n) is 2.91. The molecule has 3 aromatic rings. The average Bonchev–Trinajstić information content (AvgIpc) is 3.01. The number of likely N-dealkylation sites (N-methyl/N-ethyl adjacent to an activating group) is 1. The first-order valence-electron chi connectivity index (χ1n) is 9.05. The number of amidine groups is 1. The van der Waals surface area contributed by atoms with Crippen LogP contribution in [0.1, 0.15) is 12.6 Å². The fourth-order valence-corrected chi connectivity index (χ4v) is 5.41. The van der Waals surface area contributed by atoms with Gasteiger partial charge in [-0.15, -0.1) is 4.40 Å². The molecule has 2 heterocycles. The Morgan fingerprint density at radius 3 is 2.57 bits per heavy atom. The number of aromatic nitrogens is 1. The van der Waals surface area contributed by atoms with Crippen LogP contribution in [-0.4, -0.2) is 35.9 Å². The maximum absolute atomic E-state index is 12.8. The summed E-state index contributed by atoms with van der Waals surface area (Å²) in [6.07, 6.45) is 1.66. The predicted octanol–water partition coefficient (Wildman–Crippen LogP) is 4.68. The smallest absolute Gasteiger partial charge is 0.284 e. The summed E-state index contributed by atoms with van der Waals surface area (Å²) in [6.45, 7) is 2.08. The molecule has 1 fully saturated rings. The van der Waals surface area contributed by atoms with Crippen molar-refractivity contribution in [3.05, 3.63) is 75.7 Å². The van der Waals surface area contributed by atoms with Crippen molar-refractivity contribution in [1.82, 2.24) is 9.88 Å². The second-order valence-electron chi connectivity index (χ2n) is 6.39. The van der Waals surface area contributed by atoms with E-state index in [2.05, 4.69) is 25.3 Å². The number of sulfonamides is 1. The summed E-state index contributed by atoms with van der Waals surface area (Å²) in [7, 11) is -3.94. The van der Waals surface area contributed by atoms with E-state index in [-0.39, 0.29) is 16.0 Å². The first kappa shape index (κ1) is 20.8. The molecule has 1 aromatic heterocycles. The molecule has 30 heavy (non-hydrogen) atoms. The van der Waals surface area contributed by atoms with E-state index < -0.39 is 10.0 Å². The van der Waals surface area contributed by atoms with E-state index in [1.807, 2.05) is 36.4 Å². The molecule has 0 spiro atoms. The topological polar surface area (TPSA) is 79.7 Å². The Labute approximate surface area is 186 Å². The Kier molecular flexibility index (Phi) is 5.77. The van der Waals surface area contributed by atoms with Crippen molar-refractivity contribution < 1.29 is 13.2 Å². The Morgan fingerprint density at radius 2 is 1.83 bits per heavy atom. The molecule has 0 aliphatic carbocycles. The number of thioether (sulfide) groups is 1. The van der Waals surface area contributed by atoms with Gasteiger partial charge in [-0.2, -0.15) is 8.42 Å². The molecule has 152 valence electrons. The van der Waals surface area contributed by atoms with E-state index >= 15 is 0 Å². The molecule has 1 saturated heterocycles. The van der Waals surface area contributed by atoms with Crippen LogP contribution >= 0.6 is 27.7 Å². The SMILES string of the molecule is CCN1C(=O)/C(=C/c2ccc3ccccc3n2)SC1=NS(=O)(=O)c1ccc(Br)cc1. The number of benzene rings is 2. The third-order valence-electron chi connectivity index (χ3n) is 4.41. The van der Waals surface area contributed by atoms with E-state index in [0.29, 0.717) is 17.1 Å². The molecule has 0 radical (unpaired) electrons. The lowest BCUT2D eigenvalue weighted by Crippen LogP contribution is -2.29. The minimum Gasteiger partial charge on any atom is -0.286 e. The normalized spacial score (nSPS) is 17.4. The summed E-state index contributed by atoms with van der Waals surface area (Å²) in [5.41, 5.74) is 1.44. The van der Waals surface area contributed by atoms with Crippen LogP contribution in [0.25, 0.3) is 17.0 Å². The fraction of sp³-hybridized carbons (Fsp3) is 0.0952. The number of hydrogen-bond acceptors (Lipinski definition) is 5. The molecule has 1 aliphatic heterocycles. The number of rotatable bonds is 4. The van der Waals surface area contributed by atoms with Gasteiger partial charge in [0.25, 0.3) is 15.9 Å². The lowest BCUT2D eigenvalue weighted by Gasteiger charge is -2.11. The Balaban J connectivity index is 1.69. The number of halogens is 1. The minimum absolute atomic E-state index is 0.0657. The molecule has 0 atom stereocenters. The number of hydrogen-bond donors (Lipinski definition) is 0. The van der Waals surface area contributed by atoms with Crippen LogP contribution in [0.2, 0.25) is 0 Å². The van der Waals surface area contributed by atoms with E-state index in [0.717, 1.165) is 27.1 Å². The van der Waals surface area contributed by atoms with Gasteiger partial charge in [0, 0.05) is 16.4 Å². The van der Waals surface area contributed by atoms with Gasteiger partial charge in [-0.3, -0.25) is 9.69 Å². The number of nitrogens with zero attached hydrogens (tertiary/aromatic N) is 3. The molecule has 0 saturated carbocycles. The molecule has 0 N–H and O–H groups in total. The maximum atomic E-state index is 12.8. The van der Waals surface area contributed by atoms with Crippen molar-refractivity contribution in [1.29, 1.82) is 0 Å². The quantitative estimate of drug-likeness (QED) is 0.485. The predicted molar refractivity (Wildman–Crippen MR) is 123 cm³/mol. The maximum Gasteiger partial charge on any atom is 0.284 e. The third kappa shape index (κ3) is 4.19. The van der Waals surface area contributed by atoms with Crippen molar-refractivity contribution in [2.24, 2.45) is 4.40 Å². The second kappa shape index (κ2) is 8.33. The summed E-state index contributed by atoms with van der Waals surface area (Å²) < 4.78 is 30.1. The van der Waals surface area contributed by atoms with Crippen LogP contribution in [0.3, 0.4) is 0 Å². The lowest BCUT2D eigenvalue weighted by molar-refractivity contribution is -0.122. The van der Waals surface area contributed by atoms with E-state index in [1.54, 1.807) is 25.1 Å². The van der Waals surface area contributed by atoms with E-state index in [9.17, 15) is 13.2 Å². The van der Waals surface area contributed by atoms with Gasteiger partial charge in [-0.25, -0.2) is 4.98 Å². The van der Waals surface area contributed by atoms with Crippen LogP contribution in [0.4, 0.5) is 0 Å². The zero-order valence-electron chi connectivity index (χ0n) is 15.8. The highest BCUT2D eigenvalue weighted by atomic mass is 79.9. The molecular weight excluding hydrogens is 486 g/mol. The molecular formula is C21H16BrN3O3S2. The van der Waals surface area contributed by atoms with Crippen molar-refractivity contribution in [2.45, 2.75) is 11.8 Å². The molecule has 2 aromatic carbocycles. The standard InChI is InChI=1S/C21H16BrN3O3S2/c1-2-25-20(26)19(13-16-10-7-14-5-3-4-6-18(14)23-16)29-21(25)24-30(27,28)17-11-8-15(22)9-12-17/h3-13H,2H2,1H3/b19-13-,24-21?. The number of carbonyl (C=O) groups is 1. The van der Waals surface area contributed by atoms with Crippen molar-refractivity contribution >= 4 is 65.8 Å². The summed E-state index contributed by atoms with van der Waals surface area (Å²) in [4.78, 5) is 19.2. The summed E-state index contributed by atoms with van der Waals surface area (Å²) in [5.74, 6) is -0.290. The monoisotopic (exact) mass is 501 g/mol. The Bertz CT molecular complexity index is 1300. The van der Waals surface area contributed by atoms with E-state index in [1.165, 1.54) is 17.0 Å². The summed E-state index contributed by atoms with van der Waals surface area (Å²) >= 11 is 4.32. The zero-order chi connectivity index (χ0) is 21.3. The van der Waals surface area contributed by atoms with Crippen LogP contribution in [0.5, 0.6) is 0 Å².